The van der Waals surface area contributed by atoms with E-state index in [4.69, 9.17) is 21.1 Å². The van der Waals surface area contributed by atoms with Crippen LogP contribution in [0, 0.1) is 5.82 Å². The van der Waals surface area contributed by atoms with Gasteiger partial charge in [0.05, 0.1) is 17.7 Å². The molecule has 0 fully saturated rings. The zero-order valence-corrected chi connectivity index (χ0v) is 13.8. The van der Waals surface area contributed by atoms with Gasteiger partial charge in [0.15, 0.2) is 6.10 Å². The van der Waals surface area contributed by atoms with Crippen molar-refractivity contribution in [1.82, 2.24) is 5.32 Å². The van der Waals surface area contributed by atoms with Crippen LogP contribution in [0.1, 0.15) is 24.9 Å². The summed E-state index contributed by atoms with van der Waals surface area (Å²) in [6.07, 6.45) is -0.0424. The molecule has 0 saturated carbocycles. The first-order chi connectivity index (χ1) is 11.5. The number of hydrogen-bond acceptors (Lipinski definition) is 3. The molecule has 0 radical (unpaired) electrons. The second kappa shape index (κ2) is 7.09. The molecule has 1 N–H and O–H groups in total. The molecule has 2 atom stereocenters. The lowest BCUT2D eigenvalue weighted by Crippen LogP contribution is -2.40. The Bertz CT molecular complexity index is 753. The van der Waals surface area contributed by atoms with Crippen molar-refractivity contribution >= 4 is 17.5 Å². The molecule has 2 unspecified atom stereocenters. The molecule has 0 aliphatic carbocycles. The molecule has 2 aromatic rings. The van der Waals surface area contributed by atoms with Crippen LogP contribution in [0.25, 0.3) is 0 Å². The third kappa shape index (κ3) is 3.62. The zero-order valence-electron chi connectivity index (χ0n) is 13.1. The Morgan fingerprint density at radius 1 is 1.38 bits per heavy atom. The summed E-state index contributed by atoms with van der Waals surface area (Å²) in [6, 6.07) is 11.5. The predicted molar refractivity (Wildman–Crippen MR) is 88.9 cm³/mol. The first kappa shape index (κ1) is 16.6. The quantitative estimate of drug-likeness (QED) is 0.911. The number of benzene rings is 2. The van der Waals surface area contributed by atoms with Crippen molar-refractivity contribution in [2.45, 2.75) is 25.5 Å². The van der Waals surface area contributed by atoms with Crippen molar-refractivity contribution in [3.8, 4) is 11.5 Å². The molecule has 0 saturated heterocycles. The van der Waals surface area contributed by atoms with Crippen LogP contribution in [0.15, 0.2) is 42.5 Å². The average Bonchev–Trinajstić information content (AvgIpc) is 2.58. The van der Waals surface area contributed by atoms with E-state index >= 15 is 0 Å². The Labute approximate surface area is 144 Å². The molecule has 1 aliphatic heterocycles. The van der Waals surface area contributed by atoms with Crippen LogP contribution in [0.2, 0.25) is 5.02 Å². The first-order valence-electron chi connectivity index (χ1n) is 7.68. The van der Waals surface area contributed by atoms with Gasteiger partial charge in [0, 0.05) is 18.1 Å². The predicted octanol–water partition coefficient (Wildman–Crippen LogP) is 3.89. The molecule has 2 aromatic carbocycles. The van der Waals surface area contributed by atoms with E-state index in [1.807, 2.05) is 24.3 Å². The Hall–Kier alpha value is -2.27. The maximum Gasteiger partial charge on any atom is 0.261 e. The van der Waals surface area contributed by atoms with Gasteiger partial charge in [-0.25, -0.2) is 4.39 Å². The first-order valence-corrected chi connectivity index (χ1v) is 8.06. The van der Waals surface area contributed by atoms with Gasteiger partial charge in [0.2, 0.25) is 0 Å². The van der Waals surface area contributed by atoms with Crippen LogP contribution >= 0.6 is 11.6 Å². The minimum absolute atomic E-state index is 0.0431. The molecule has 0 bridgehead atoms. The standard InChI is InChI=1S/C18H17ClFNO3/c1-11(24-12-6-7-15(20)14(19)10-12)18(22)21-16-8-9-23-17-5-3-2-4-13(16)17/h2-7,10-11,16H,8-9H2,1H3,(H,21,22). The highest BCUT2D eigenvalue weighted by atomic mass is 35.5. The van der Waals surface area contributed by atoms with Crippen molar-refractivity contribution in [1.29, 1.82) is 0 Å². The minimum Gasteiger partial charge on any atom is -0.493 e. The average molecular weight is 350 g/mol. The molecule has 126 valence electrons. The second-order valence-electron chi connectivity index (χ2n) is 5.57. The van der Waals surface area contributed by atoms with E-state index in [1.165, 1.54) is 18.2 Å². The summed E-state index contributed by atoms with van der Waals surface area (Å²) in [5.41, 5.74) is 0.953. The van der Waals surface area contributed by atoms with Gasteiger partial charge in [-0.15, -0.1) is 0 Å². The Morgan fingerprint density at radius 2 is 2.17 bits per heavy atom. The fraction of sp³-hybridized carbons (Fsp3) is 0.278. The van der Waals surface area contributed by atoms with Crippen molar-refractivity contribution in [2.24, 2.45) is 0 Å². The highest BCUT2D eigenvalue weighted by molar-refractivity contribution is 6.30. The molecular weight excluding hydrogens is 333 g/mol. The minimum atomic E-state index is -0.735. The number of nitrogens with one attached hydrogen (secondary N) is 1. The van der Waals surface area contributed by atoms with E-state index in [9.17, 15) is 9.18 Å². The van der Waals surface area contributed by atoms with Gasteiger partial charge >= 0.3 is 0 Å². The van der Waals surface area contributed by atoms with Crippen molar-refractivity contribution in [3.63, 3.8) is 0 Å². The van der Waals surface area contributed by atoms with E-state index in [2.05, 4.69) is 5.32 Å². The smallest absolute Gasteiger partial charge is 0.261 e. The van der Waals surface area contributed by atoms with Crippen LogP contribution in [0.3, 0.4) is 0 Å². The lowest BCUT2D eigenvalue weighted by atomic mass is 10.0. The zero-order chi connectivity index (χ0) is 17.1. The maximum absolute atomic E-state index is 13.2. The molecule has 1 amide bonds. The molecule has 3 rings (SSSR count). The van der Waals surface area contributed by atoms with E-state index < -0.39 is 11.9 Å². The Balaban J connectivity index is 1.65. The number of carbonyl (C=O) groups is 1. The molecule has 24 heavy (non-hydrogen) atoms. The van der Waals surface area contributed by atoms with E-state index in [0.717, 1.165) is 11.3 Å². The summed E-state index contributed by atoms with van der Waals surface area (Å²) in [5.74, 6) is 0.349. The van der Waals surface area contributed by atoms with Crippen molar-refractivity contribution in [3.05, 3.63) is 58.9 Å². The number of ether oxygens (including phenoxy) is 2. The lowest BCUT2D eigenvalue weighted by molar-refractivity contribution is -0.128. The lowest BCUT2D eigenvalue weighted by Gasteiger charge is -2.27. The number of hydrogen-bond donors (Lipinski definition) is 1. The topological polar surface area (TPSA) is 47.6 Å². The molecule has 0 spiro atoms. The summed E-state index contributed by atoms with van der Waals surface area (Å²) in [7, 11) is 0. The third-order valence-corrected chi connectivity index (χ3v) is 4.14. The maximum atomic E-state index is 13.2. The van der Waals surface area contributed by atoms with E-state index in [-0.39, 0.29) is 17.0 Å². The van der Waals surface area contributed by atoms with Crippen LogP contribution in [0.4, 0.5) is 4.39 Å². The van der Waals surface area contributed by atoms with Gasteiger partial charge in [-0.3, -0.25) is 4.79 Å². The summed E-state index contributed by atoms with van der Waals surface area (Å²) in [5, 5.41) is 2.93. The van der Waals surface area contributed by atoms with Crippen LogP contribution in [-0.4, -0.2) is 18.6 Å². The number of carbonyl (C=O) groups excluding carboxylic acids is 1. The number of amides is 1. The fourth-order valence-corrected chi connectivity index (χ4v) is 2.76. The highest BCUT2D eigenvalue weighted by Crippen LogP contribution is 2.31. The molecule has 4 nitrogen and oxygen atoms in total. The van der Waals surface area contributed by atoms with Crippen molar-refractivity contribution in [2.75, 3.05) is 6.61 Å². The van der Waals surface area contributed by atoms with E-state index in [0.29, 0.717) is 18.8 Å². The van der Waals surface area contributed by atoms with Crippen LogP contribution in [0.5, 0.6) is 11.5 Å². The molecule has 1 aliphatic rings. The van der Waals surface area contributed by atoms with Gasteiger partial charge in [0.25, 0.3) is 5.91 Å². The summed E-state index contributed by atoms with van der Waals surface area (Å²) in [6.45, 7) is 2.18. The molecule has 0 aromatic heterocycles. The highest BCUT2D eigenvalue weighted by Gasteiger charge is 2.25. The van der Waals surface area contributed by atoms with Gasteiger partial charge in [-0.05, 0) is 25.1 Å². The Kier molecular flexibility index (Phi) is 4.90. The summed E-state index contributed by atoms with van der Waals surface area (Å²) < 4.78 is 24.3. The number of rotatable bonds is 4. The van der Waals surface area contributed by atoms with Gasteiger partial charge in [-0.1, -0.05) is 29.8 Å². The summed E-state index contributed by atoms with van der Waals surface area (Å²) in [4.78, 5) is 12.4. The van der Waals surface area contributed by atoms with Crippen LogP contribution < -0.4 is 14.8 Å². The fourth-order valence-electron chi connectivity index (χ4n) is 2.59. The van der Waals surface area contributed by atoms with Gasteiger partial charge in [0.1, 0.15) is 17.3 Å². The number of fused-ring (bicyclic) bond motifs is 1. The van der Waals surface area contributed by atoms with E-state index in [1.54, 1.807) is 6.92 Å². The largest absolute Gasteiger partial charge is 0.493 e. The Morgan fingerprint density at radius 3 is 2.96 bits per heavy atom. The molecular formula is C18H17ClFNO3. The third-order valence-electron chi connectivity index (χ3n) is 3.85. The monoisotopic (exact) mass is 349 g/mol. The molecule has 6 heteroatoms. The molecule has 1 heterocycles. The second-order valence-corrected chi connectivity index (χ2v) is 5.98. The normalized spacial score (nSPS) is 17.4. The number of para-hydroxylation sites is 1. The van der Waals surface area contributed by atoms with Gasteiger partial charge in [-0.2, -0.15) is 0 Å². The number of halogens is 2. The van der Waals surface area contributed by atoms with Gasteiger partial charge < -0.3 is 14.8 Å². The van der Waals surface area contributed by atoms with Crippen LogP contribution in [-0.2, 0) is 4.79 Å². The SMILES string of the molecule is CC(Oc1ccc(F)c(Cl)c1)C(=O)NC1CCOc2ccccc21. The summed E-state index contributed by atoms with van der Waals surface area (Å²) >= 11 is 5.72. The van der Waals surface area contributed by atoms with Crippen molar-refractivity contribution < 1.29 is 18.7 Å².